The lowest BCUT2D eigenvalue weighted by molar-refractivity contribution is -0.00128. The highest BCUT2D eigenvalue weighted by Gasteiger charge is 2.26. The van der Waals surface area contributed by atoms with Crippen LogP contribution in [0.25, 0.3) is 0 Å². The van der Waals surface area contributed by atoms with Crippen LogP contribution >= 0.6 is 0 Å². The molecule has 2 aliphatic heterocycles. The van der Waals surface area contributed by atoms with E-state index in [4.69, 9.17) is 14.2 Å². The zero-order valence-corrected chi connectivity index (χ0v) is 15.9. The number of benzene rings is 1. The fourth-order valence-corrected chi connectivity index (χ4v) is 4.27. The highest BCUT2D eigenvalue weighted by Crippen LogP contribution is 2.36. The van der Waals surface area contributed by atoms with Crippen LogP contribution in [0.5, 0.6) is 11.5 Å². The van der Waals surface area contributed by atoms with Crippen molar-refractivity contribution >= 4 is 5.91 Å². The Morgan fingerprint density at radius 1 is 1.14 bits per heavy atom. The molecule has 1 unspecified atom stereocenters. The van der Waals surface area contributed by atoms with Gasteiger partial charge in [-0.15, -0.1) is 0 Å². The molecular formula is C21H25N3O4. The van der Waals surface area contributed by atoms with Gasteiger partial charge in [0.2, 0.25) is 6.79 Å². The van der Waals surface area contributed by atoms with Gasteiger partial charge in [0, 0.05) is 6.54 Å². The summed E-state index contributed by atoms with van der Waals surface area (Å²) in [6, 6.07) is 7.69. The number of amides is 1. The summed E-state index contributed by atoms with van der Waals surface area (Å²) in [4.78, 5) is 12.5. The highest BCUT2D eigenvalue weighted by atomic mass is 16.7. The number of aromatic nitrogens is 2. The lowest BCUT2D eigenvalue weighted by atomic mass is 9.89. The first-order valence-electron chi connectivity index (χ1n) is 10.1. The Hall–Kier alpha value is -2.54. The van der Waals surface area contributed by atoms with E-state index >= 15 is 0 Å². The Balaban J connectivity index is 1.24. The Labute approximate surface area is 164 Å². The third kappa shape index (κ3) is 3.46. The second-order valence-electron chi connectivity index (χ2n) is 7.83. The molecule has 1 fully saturated rings. The van der Waals surface area contributed by atoms with Crippen molar-refractivity contribution in [2.45, 2.75) is 51.4 Å². The molecule has 3 aliphatic rings. The van der Waals surface area contributed by atoms with Crippen molar-refractivity contribution in [3.8, 4) is 11.5 Å². The largest absolute Gasteiger partial charge is 0.454 e. The van der Waals surface area contributed by atoms with E-state index in [-0.39, 0.29) is 18.8 Å². The Morgan fingerprint density at radius 3 is 2.89 bits per heavy atom. The molecule has 5 rings (SSSR count). The summed E-state index contributed by atoms with van der Waals surface area (Å²) in [6.07, 6.45) is 6.18. The number of ether oxygens (including phenoxy) is 3. The normalized spacial score (nSPS) is 21.4. The predicted molar refractivity (Wildman–Crippen MR) is 101 cm³/mol. The fourth-order valence-electron chi connectivity index (χ4n) is 4.27. The molecule has 1 aromatic carbocycles. The number of nitrogens with one attached hydrogen (secondary N) is 1. The number of fused-ring (bicyclic) bond motifs is 2. The molecule has 1 aromatic heterocycles. The highest BCUT2D eigenvalue weighted by molar-refractivity contribution is 5.92. The van der Waals surface area contributed by atoms with Gasteiger partial charge in [-0.25, -0.2) is 0 Å². The average molecular weight is 383 g/mol. The lowest BCUT2D eigenvalue weighted by Gasteiger charge is -2.24. The first kappa shape index (κ1) is 17.6. The molecule has 1 saturated carbocycles. The maximum atomic E-state index is 12.5. The van der Waals surface area contributed by atoms with Crippen LogP contribution in [-0.4, -0.2) is 29.0 Å². The molecule has 1 amide bonds. The molecular weight excluding hydrogens is 358 g/mol. The fraction of sp³-hybridized carbons (Fsp3) is 0.524. The van der Waals surface area contributed by atoms with Crippen molar-refractivity contribution in [3.63, 3.8) is 0 Å². The van der Waals surface area contributed by atoms with Gasteiger partial charge >= 0.3 is 0 Å². The molecule has 1 N–H and O–H groups in total. The third-order valence-corrected chi connectivity index (χ3v) is 5.91. The Kier molecular flexibility index (Phi) is 4.68. The summed E-state index contributed by atoms with van der Waals surface area (Å²) in [5.74, 6) is 2.02. The monoisotopic (exact) mass is 383 g/mol. The Bertz CT molecular complexity index is 873. The number of carbonyl (C=O) groups excluding carboxylic acids is 1. The van der Waals surface area contributed by atoms with E-state index in [1.165, 1.54) is 32.1 Å². The minimum absolute atomic E-state index is 0.0906. The van der Waals surface area contributed by atoms with Crippen molar-refractivity contribution in [1.82, 2.24) is 15.1 Å². The maximum absolute atomic E-state index is 12.5. The molecule has 2 aromatic rings. The number of hydrogen-bond donors (Lipinski definition) is 1. The molecule has 0 radical (unpaired) electrons. The van der Waals surface area contributed by atoms with Crippen molar-refractivity contribution < 1.29 is 19.0 Å². The van der Waals surface area contributed by atoms with Gasteiger partial charge in [-0.3, -0.25) is 9.48 Å². The first-order chi connectivity index (χ1) is 13.8. The van der Waals surface area contributed by atoms with E-state index in [0.29, 0.717) is 24.8 Å². The van der Waals surface area contributed by atoms with E-state index in [0.717, 1.165) is 29.3 Å². The molecule has 28 heavy (non-hydrogen) atoms. The molecule has 0 saturated heterocycles. The van der Waals surface area contributed by atoms with Gasteiger partial charge in [0.15, 0.2) is 17.2 Å². The first-order valence-corrected chi connectivity index (χ1v) is 10.1. The molecule has 148 valence electrons. The second-order valence-corrected chi connectivity index (χ2v) is 7.83. The molecule has 7 heteroatoms. The van der Waals surface area contributed by atoms with Gasteiger partial charge < -0.3 is 19.5 Å². The third-order valence-electron chi connectivity index (χ3n) is 5.91. The van der Waals surface area contributed by atoms with Gasteiger partial charge in [0.1, 0.15) is 6.10 Å². The second kappa shape index (κ2) is 7.47. The van der Waals surface area contributed by atoms with Crippen molar-refractivity contribution in [1.29, 1.82) is 0 Å². The van der Waals surface area contributed by atoms with E-state index < -0.39 is 0 Å². The van der Waals surface area contributed by atoms with E-state index in [2.05, 4.69) is 10.4 Å². The number of hydrogen-bond acceptors (Lipinski definition) is 5. The van der Waals surface area contributed by atoms with Crippen molar-refractivity contribution in [3.05, 3.63) is 41.2 Å². The Morgan fingerprint density at radius 2 is 2.00 bits per heavy atom. The van der Waals surface area contributed by atoms with E-state index in [1.54, 1.807) is 0 Å². The standard InChI is InChI=1S/C21H25N3O4/c25-21(22-10-14-4-2-1-3-5-14)17-9-16-12-26-20(11-24(16)23-17)15-6-7-18-19(8-15)28-13-27-18/h6-9,14,20H,1-5,10-13H2,(H,22,25). The smallest absolute Gasteiger partial charge is 0.271 e. The van der Waals surface area contributed by atoms with Crippen LogP contribution in [0, 0.1) is 5.92 Å². The van der Waals surface area contributed by atoms with Crippen LogP contribution in [0.1, 0.15) is 60.0 Å². The summed E-state index contributed by atoms with van der Waals surface area (Å²) in [7, 11) is 0. The van der Waals surface area contributed by atoms with Crippen LogP contribution in [0.15, 0.2) is 24.3 Å². The van der Waals surface area contributed by atoms with E-state index in [9.17, 15) is 4.79 Å². The van der Waals surface area contributed by atoms with Crippen LogP contribution in [0.3, 0.4) is 0 Å². The zero-order chi connectivity index (χ0) is 18.9. The van der Waals surface area contributed by atoms with Crippen molar-refractivity contribution in [2.24, 2.45) is 5.92 Å². The minimum Gasteiger partial charge on any atom is -0.454 e. The maximum Gasteiger partial charge on any atom is 0.271 e. The molecule has 3 heterocycles. The number of carbonyl (C=O) groups is 1. The van der Waals surface area contributed by atoms with E-state index in [1.807, 2.05) is 28.9 Å². The molecule has 1 atom stereocenters. The minimum atomic E-state index is -0.125. The summed E-state index contributed by atoms with van der Waals surface area (Å²) in [5.41, 5.74) is 2.43. The van der Waals surface area contributed by atoms with Crippen LogP contribution in [-0.2, 0) is 17.9 Å². The molecule has 7 nitrogen and oxygen atoms in total. The van der Waals surface area contributed by atoms with Gasteiger partial charge in [0.05, 0.1) is 18.8 Å². The van der Waals surface area contributed by atoms with Crippen LogP contribution in [0.2, 0.25) is 0 Å². The van der Waals surface area contributed by atoms with Crippen molar-refractivity contribution in [2.75, 3.05) is 13.3 Å². The van der Waals surface area contributed by atoms with Crippen LogP contribution < -0.4 is 14.8 Å². The summed E-state index contributed by atoms with van der Waals surface area (Å²) >= 11 is 0. The topological polar surface area (TPSA) is 74.6 Å². The SMILES string of the molecule is O=C(NCC1CCCCC1)c1cc2n(n1)CC(c1ccc3c(c1)OCO3)OC2. The summed E-state index contributed by atoms with van der Waals surface area (Å²) in [5, 5.41) is 7.59. The molecule has 0 bridgehead atoms. The quantitative estimate of drug-likeness (QED) is 0.878. The summed E-state index contributed by atoms with van der Waals surface area (Å²) < 4.78 is 18.7. The zero-order valence-electron chi connectivity index (χ0n) is 15.9. The lowest BCUT2D eigenvalue weighted by Crippen LogP contribution is -2.30. The van der Waals surface area contributed by atoms with Gasteiger partial charge in [-0.2, -0.15) is 5.10 Å². The predicted octanol–water partition coefficient (Wildman–Crippen LogP) is 3.19. The number of nitrogens with zero attached hydrogens (tertiary/aromatic N) is 2. The molecule has 0 spiro atoms. The summed E-state index contributed by atoms with van der Waals surface area (Å²) in [6.45, 7) is 2.01. The van der Waals surface area contributed by atoms with Crippen LogP contribution in [0.4, 0.5) is 0 Å². The van der Waals surface area contributed by atoms with Gasteiger partial charge in [0.25, 0.3) is 5.91 Å². The average Bonchev–Trinajstić information content (AvgIpc) is 3.38. The van der Waals surface area contributed by atoms with Gasteiger partial charge in [-0.05, 0) is 42.5 Å². The van der Waals surface area contributed by atoms with Gasteiger partial charge in [-0.1, -0.05) is 25.3 Å². The number of rotatable bonds is 4. The molecule has 1 aliphatic carbocycles.